The van der Waals surface area contributed by atoms with Gasteiger partial charge in [-0.05, 0) is 24.1 Å². The SMILES string of the molecule is CCCN(Cc1ccccc1)C(=O)c1ccco1. The number of benzene rings is 1. The standard InChI is InChI=1S/C15H17NO2/c1-2-10-16(12-13-7-4-3-5-8-13)15(17)14-9-6-11-18-14/h3-9,11H,2,10,12H2,1H3. The largest absolute Gasteiger partial charge is 0.459 e. The van der Waals surface area contributed by atoms with Gasteiger partial charge in [0.25, 0.3) is 5.91 Å². The topological polar surface area (TPSA) is 33.5 Å². The second kappa shape index (κ2) is 6.05. The van der Waals surface area contributed by atoms with Crippen LogP contribution in [0.3, 0.4) is 0 Å². The first kappa shape index (κ1) is 12.4. The maximum Gasteiger partial charge on any atom is 0.289 e. The van der Waals surface area contributed by atoms with Crippen LogP contribution in [0.5, 0.6) is 0 Å². The minimum atomic E-state index is -0.0503. The molecule has 1 aromatic heterocycles. The van der Waals surface area contributed by atoms with Crippen LogP contribution in [0.1, 0.15) is 29.5 Å². The summed E-state index contributed by atoms with van der Waals surface area (Å²) in [5.74, 6) is 0.352. The molecule has 0 aliphatic heterocycles. The molecule has 0 bridgehead atoms. The van der Waals surface area contributed by atoms with Crippen molar-refractivity contribution in [1.82, 2.24) is 4.90 Å². The van der Waals surface area contributed by atoms with Crippen molar-refractivity contribution in [1.29, 1.82) is 0 Å². The summed E-state index contributed by atoms with van der Waals surface area (Å²) < 4.78 is 5.17. The lowest BCUT2D eigenvalue weighted by atomic mass is 10.2. The Labute approximate surface area is 107 Å². The second-order valence-corrected chi connectivity index (χ2v) is 4.19. The van der Waals surface area contributed by atoms with Crippen LogP contribution in [0, 0.1) is 0 Å². The van der Waals surface area contributed by atoms with Crippen LogP contribution in [-0.4, -0.2) is 17.4 Å². The van der Waals surface area contributed by atoms with Crippen molar-refractivity contribution in [3.05, 3.63) is 60.1 Å². The first-order chi connectivity index (χ1) is 8.81. The third-order valence-corrected chi connectivity index (χ3v) is 2.73. The van der Waals surface area contributed by atoms with E-state index in [1.165, 1.54) is 6.26 Å². The lowest BCUT2D eigenvalue weighted by Crippen LogP contribution is -2.31. The molecule has 2 aromatic rings. The summed E-state index contributed by atoms with van der Waals surface area (Å²) in [7, 11) is 0. The van der Waals surface area contributed by atoms with Crippen molar-refractivity contribution >= 4 is 5.91 Å². The van der Waals surface area contributed by atoms with Gasteiger partial charge in [0.15, 0.2) is 5.76 Å². The van der Waals surface area contributed by atoms with Crippen molar-refractivity contribution < 1.29 is 9.21 Å². The normalized spacial score (nSPS) is 10.3. The number of hydrogen-bond donors (Lipinski definition) is 0. The fourth-order valence-corrected chi connectivity index (χ4v) is 1.88. The Morgan fingerprint density at radius 2 is 1.94 bits per heavy atom. The zero-order chi connectivity index (χ0) is 12.8. The molecule has 0 atom stereocenters. The van der Waals surface area contributed by atoms with Gasteiger partial charge < -0.3 is 9.32 Å². The Kier molecular flexibility index (Phi) is 4.18. The monoisotopic (exact) mass is 243 g/mol. The molecule has 0 aliphatic rings. The van der Waals surface area contributed by atoms with E-state index in [-0.39, 0.29) is 5.91 Å². The lowest BCUT2D eigenvalue weighted by molar-refractivity contribution is 0.0711. The van der Waals surface area contributed by atoms with E-state index in [1.807, 2.05) is 35.2 Å². The highest BCUT2D eigenvalue weighted by molar-refractivity contribution is 5.91. The highest BCUT2D eigenvalue weighted by Gasteiger charge is 2.17. The summed E-state index contributed by atoms with van der Waals surface area (Å²) in [6.07, 6.45) is 2.46. The third kappa shape index (κ3) is 3.00. The molecular formula is C15H17NO2. The summed E-state index contributed by atoms with van der Waals surface area (Å²) >= 11 is 0. The van der Waals surface area contributed by atoms with E-state index in [9.17, 15) is 4.79 Å². The Bertz CT molecular complexity index is 476. The molecule has 3 heteroatoms. The molecule has 0 radical (unpaired) electrons. The molecule has 0 unspecified atom stereocenters. The van der Waals surface area contributed by atoms with Gasteiger partial charge in [-0.1, -0.05) is 37.3 Å². The van der Waals surface area contributed by atoms with Crippen molar-refractivity contribution in [2.45, 2.75) is 19.9 Å². The Balaban J connectivity index is 2.11. The van der Waals surface area contributed by atoms with E-state index < -0.39 is 0 Å². The van der Waals surface area contributed by atoms with Crippen LogP contribution in [0.2, 0.25) is 0 Å². The van der Waals surface area contributed by atoms with Crippen molar-refractivity contribution in [2.24, 2.45) is 0 Å². The van der Waals surface area contributed by atoms with Gasteiger partial charge in [-0.2, -0.15) is 0 Å². The number of nitrogens with zero attached hydrogens (tertiary/aromatic N) is 1. The zero-order valence-electron chi connectivity index (χ0n) is 10.5. The fraction of sp³-hybridized carbons (Fsp3) is 0.267. The van der Waals surface area contributed by atoms with Crippen molar-refractivity contribution in [3.63, 3.8) is 0 Å². The molecule has 0 saturated heterocycles. The van der Waals surface area contributed by atoms with Crippen LogP contribution in [0.4, 0.5) is 0 Å². The lowest BCUT2D eigenvalue weighted by Gasteiger charge is -2.21. The summed E-state index contributed by atoms with van der Waals surface area (Å²) in [6.45, 7) is 3.41. The van der Waals surface area contributed by atoms with Gasteiger partial charge in [0.05, 0.1) is 6.26 Å². The van der Waals surface area contributed by atoms with Gasteiger partial charge in [0, 0.05) is 13.1 Å². The first-order valence-corrected chi connectivity index (χ1v) is 6.18. The number of hydrogen-bond acceptors (Lipinski definition) is 2. The number of carbonyl (C=O) groups excluding carboxylic acids is 1. The van der Waals surface area contributed by atoms with E-state index in [4.69, 9.17) is 4.42 Å². The van der Waals surface area contributed by atoms with E-state index in [0.717, 1.165) is 18.5 Å². The molecule has 1 heterocycles. The van der Waals surface area contributed by atoms with E-state index in [0.29, 0.717) is 12.3 Å². The smallest absolute Gasteiger partial charge is 0.289 e. The predicted octanol–water partition coefficient (Wildman–Crippen LogP) is 3.33. The molecule has 0 saturated carbocycles. The van der Waals surface area contributed by atoms with Crippen LogP contribution in [0.15, 0.2) is 53.1 Å². The van der Waals surface area contributed by atoms with Gasteiger partial charge in [0.1, 0.15) is 0 Å². The number of rotatable bonds is 5. The molecule has 1 amide bonds. The van der Waals surface area contributed by atoms with Crippen molar-refractivity contribution in [3.8, 4) is 0 Å². The summed E-state index contributed by atoms with van der Waals surface area (Å²) in [5, 5.41) is 0. The molecule has 18 heavy (non-hydrogen) atoms. The molecule has 0 spiro atoms. The molecule has 2 rings (SSSR count). The molecule has 1 aromatic carbocycles. The van der Waals surface area contributed by atoms with Gasteiger partial charge in [-0.15, -0.1) is 0 Å². The molecule has 0 aliphatic carbocycles. The quantitative estimate of drug-likeness (QED) is 0.807. The van der Waals surface area contributed by atoms with E-state index in [1.54, 1.807) is 12.1 Å². The number of carbonyl (C=O) groups is 1. The minimum Gasteiger partial charge on any atom is -0.459 e. The summed E-state index contributed by atoms with van der Waals surface area (Å²) in [6, 6.07) is 13.4. The molecule has 3 nitrogen and oxygen atoms in total. The molecular weight excluding hydrogens is 226 g/mol. The third-order valence-electron chi connectivity index (χ3n) is 2.73. The maximum atomic E-state index is 12.2. The Hall–Kier alpha value is -2.03. The average molecular weight is 243 g/mol. The second-order valence-electron chi connectivity index (χ2n) is 4.19. The first-order valence-electron chi connectivity index (χ1n) is 6.18. The Morgan fingerprint density at radius 1 is 1.17 bits per heavy atom. The van der Waals surface area contributed by atoms with Gasteiger partial charge in [-0.3, -0.25) is 4.79 Å². The number of furan rings is 1. The van der Waals surface area contributed by atoms with Crippen LogP contribution < -0.4 is 0 Å². The zero-order valence-corrected chi connectivity index (χ0v) is 10.5. The predicted molar refractivity (Wildman–Crippen MR) is 70.2 cm³/mol. The highest BCUT2D eigenvalue weighted by atomic mass is 16.3. The van der Waals surface area contributed by atoms with E-state index >= 15 is 0 Å². The van der Waals surface area contributed by atoms with Crippen LogP contribution in [-0.2, 0) is 6.54 Å². The number of amides is 1. The molecule has 0 fully saturated rings. The highest BCUT2D eigenvalue weighted by Crippen LogP contribution is 2.11. The van der Waals surface area contributed by atoms with Gasteiger partial charge in [0.2, 0.25) is 0 Å². The van der Waals surface area contributed by atoms with Crippen LogP contribution in [0.25, 0.3) is 0 Å². The van der Waals surface area contributed by atoms with Gasteiger partial charge >= 0.3 is 0 Å². The summed E-state index contributed by atoms with van der Waals surface area (Å²) in [5.41, 5.74) is 1.13. The Morgan fingerprint density at radius 3 is 2.56 bits per heavy atom. The van der Waals surface area contributed by atoms with Crippen LogP contribution >= 0.6 is 0 Å². The molecule has 0 N–H and O–H groups in total. The molecule has 94 valence electrons. The maximum absolute atomic E-state index is 12.2. The van der Waals surface area contributed by atoms with E-state index in [2.05, 4.69) is 6.92 Å². The average Bonchev–Trinajstić information content (AvgIpc) is 2.92. The fourth-order valence-electron chi connectivity index (χ4n) is 1.88. The van der Waals surface area contributed by atoms with Gasteiger partial charge in [-0.25, -0.2) is 0 Å². The van der Waals surface area contributed by atoms with Crippen molar-refractivity contribution in [2.75, 3.05) is 6.54 Å². The summed E-state index contributed by atoms with van der Waals surface area (Å²) in [4.78, 5) is 14.0. The minimum absolute atomic E-state index is 0.0503.